The highest BCUT2D eigenvalue weighted by molar-refractivity contribution is 9.10. The number of hydrogen-bond acceptors (Lipinski definition) is 5. The van der Waals surface area contributed by atoms with Crippen LogP contribution in [-0.4, -0.2) is 29.6 Å². The van der Waals surface area contributed by atoms with Crippen molar-refractivity contribution in [1.82, 2.24) is 5.01 Å². The van der Waals surface area contributed by atoms with Crippen LogP contribution in [0.2, 0.25) is 0 Å². The van der Waals surface area contributed by atoms with Crippen molar-refractivity contribution < 1.29 is 19.1 Å². The third-order valence-corrected chi connectivity index (χ3v) is 7.21. The van der Waals surface area contributed by atoms with Gasteiger partial charge in [0.2, 0.25) is 0 Å². The fraction of sp³-hybridized carbons (Fsp3) is 0.346. The molecule has 1 aliphatic heterocycles. The zero-order valence-corrected chi connectivity index (χ0v) is 19.9. The molecule has 7 heteroatoms. The Morgan fingerprint density at radius 3 is 2.30 bits per heavy atom. The summed E-state index contributed by atoms with van der Waals surface area (Å²) in [6.07, 6.45) is 7.68. The smallest absolute Gasteiger partial charge is 0.254 e. The maximum Gasteiger partial charge on any atom is 0.254 e. The van der Waals surface area contributed by atoms with Gasteiger partial charge in [0.25, 0.3) is 11.8 Å². The number of amides is 2. The molecule has 1 saturated carbocycles. The number of benzene rings is 2. The number of rotatable bonds is 7. The molecule has 0 spiro atoms. The van der Waals surface area contributed by atoms with Gasteiger partial charge in [0, 0.05) is 0 Å². The van der Waals surface area contributed by atoms with E-state index >= 15 is 0 Å². The van der Waals surface area contributed by atoms with E-state index in [2.05, 4.69) is 33.2 Å². The molecule has 0 radical (unpaired) electrons. The molecule has 2 bridgehead atoms. The van der Waals surface area contributed by atoms with E-state index < -0.39 is 0 Å². The average Bonchev–Trinajstić information content (AvgIpc) is 3.10. The fourth-order valence-corrected chi connectivity index (χ4v) is 5.67. The Kier molecular flexibility index (Phi) is 6.06. The summed E-state index contributed by atoms with van der Waals surface area (Å²) in [5.74, 6) is 0.557. The number of allylic oxidation sites excluding steroid dienone is 2. The second kappa shape index (κ2) is 9.14. The fourth-order valence-electron chi connectivity index (χ4n) is 5.09. The van der Waals surface area contributed by atoms with Crippen molar-refractivity contribution in [3.63, 3.8) is 0 Å². The molecule has 33 heavy (non-hydrogen) atoms. The van der Waals surface area contributed by atoms with Gasteiger partial charge in [-0.15, -0.1) is 0 Å². The zero-order valence-electron chi connectivity index (χ0n) is 18.3. The van der Waals surface area contributed by atoms with Gasteiger partial charge in [-0.05, 0) is 70.8 Å². The summed E-state index contributed by atoms with van der Waals surface area (Å²) in [4.78, 5) is 26.0. The molecule has 6 nitrogen and oxygen atoms in total. The maximum absolute atomic E-state index is 13.0. The molecule has 0 N–H and O–H groups in total. The monoisotopic (exact) mass is 508 g/mol. The SMILES string of the molecule is CCOc1cc(/C=N\N2C(=O)[C@H]3[C@H](C2=O)[C@H]2C=C[C@H]3CC2)cc(Br)c1OCc1ccccc1. The maximum atomic E-state index is 13.0. The summed E-state index contributed by atoms with van der Waals surface area (Å²) in [6.45, 7) is 2.78. The Morgan fingerprint density at radius 2 is 1.70 bits per heavy atom. The van der Waals surface area contributed by atoms with Gasteiger partial charge >= 0.3 is 0 Å². The lowest BCUT2D eigenvalue weighted by molar-refractivity contribution is -0.140. The van der Waals surface area contributed by atoms with Gasteiger partial charge in [-0.1, -0.05) is 42.5 Å². The van der Waals surface area contributed by atoms with E-state index in [1.165, 1.54) is 6.21 Å². The number of nitrogens with zero attached hydrogens (tertiary/aromatic N) is 2. The molecular formula is C26H25BrN2O4. The summed E-state index contributed by atoms with van der Waals surface area (Å²) < 4.78 is 12.5. The van der Waals surface area contributed by atoms with Crippen LogP contribution in [0.1, 0.15) is 30.9 Å². The van der Waals surface area contributed by atoms with Crippen LogP contribution in [0.25, 0.3) is 0 Å². The molecule has 0 unspecified atom stereocenters. The normalized spacial score (nSPS) is 25.7. The van der Waals surface area contributed by atoms with Crippen LogP contribution in [0.3, 0.4) is 0 Å². The zero-order chi connectivity index (χ0) is 22.9. The van der Waals surface area contributed by atoms with Crippen molar-refractivity contribution in [1.29, 1.82) is 0 Å². The number of halogens is 1. The Balaban J connectivity index is 1.36. The molecule has 4 aliphatic rings. The minimum absolute atomic E-state index is 0.149. The molecule has 4 atom stereocenters. The molecule has 3 aliphatic carbocycles. The van der Waals surface area contributed by atoms with Crippen molar-refractivity contribution in [2.75, 3.05) is 6.61 Å². The topological polar surface area (TPSA) is 68.2 Å². The highest BCUT2D eigenvalue weighted by atomic mass is 79.9. The molecule has 2 aromatic carbocycles. The Morgan fingerprint density at radius 1 is 1.03 bits per heavy atom. The highest BCUT2D eigenvalue weighted by Crippen LogP contribution is 2.49. The van der Waals surface area contributed by atoms with E-state index in [-0.39, 0.29) is 35.5 Å². The van der Waals surface area contributed by atoms with Crippen LogP contribution in [0.5, 0.6) is 11.5 Å². The van der Waals surface area contributed by atoms with Crippen molar-refractivity contribution >= 4 is 34.0 Å². The quantitative estimate of drug-likeness (QED) is 0.301. The van der Waals surface area contributed by atoms with Crippen molar-refractivity contribution in [2.45, 2.75) is 26.4 Å². The third kappa shape index (κ3) is 4.10. The van der Waals surface area contributed by atoms with Gasteiger partial charge in [-0.3, -0.25) is 9.59 Å². The van der Waals surface area contributed by atoms with Crippen LogP contribution in [0, 0.1) is 23.7 Å². The van der Waals surface area contributed by atoms with Gasteiger partial charge in [-0.2, -0.15) is 10.1 Å². The highest BCUT2D eigenvalue weighted by Gasteiger charge is 2.56. The predicted molar refractivity (Wildman–Crippen MR) is 128 cm³/mol. The molecular weight excluding hydrogens is 484 g/mol. The summed E-state index contributed by atoms with van der Waals surface area (Å²) in [5, 5.41) is 5.38. The van der Waals surface area contributed by atoms with Gasteiger partial charge in [0.1, 0.15) is 6.61 Å². The van der Waals surface area contributed by atoms with Crippen LogP contribution in [0.4, 0.5) is 0 Å². The van der Waals surface area contributed by atoms with Crippen LogP contribution >= 0.6 is 15.9 Å². The lowest BCUT2D eigenvalue weighted by atomic mass is 9.63. The predicted octanol–water partition coefficient (Wildman–Crippen LogP) is 4.96. The number of imide groups is 1. The number of carbonyl (C=O) groups is 2. The number of ether oxygens (including phenoxy) is 2. The molecule has 2 amide bonds. The Bertz CT molecular complexity index is 1100. The number of carbonyl (C=O) groups excluding carboxylic acids is 2. The van der Waals surface area contributed by atoms with E-state index in [1.807, 2.05) is 43.3 Å². The first-order valence-corrected chi connectivity index (χ1v) is 12.1. The van der Waals surface area contributed by atoms with Crippen molar-refractivity contribution in [3.05, 3.63) is 70.2 Å². The second-order valence-electron chi connectivity index (χ2n) is 8.61. The van der Waals surface area contributed by atoms with Gasteiger partial charge < -0.3 is 9.47 Å². The standard InChI is InChI=1S/C26H25BrN2O4/c1-2-32-21-13-17(12-20(27)24(21)33-15-16-6-4-3-5-7-16)14-28-29-25(30)22-18-8-9-19(11-10-18)23(22)26(29)31/h3-9,12-14,18-19,22-23H,2,10-11,15H2,1H3/b28-14-/t18-,19-,22+,23+/m0/s1. The Labute approximate surface area is 201 Å². The van der Waals surface area contributed by atoms with E-state index in [0.717, 1.165) is 23.4 Å². The minimum Gasteiger partial charge on any atom is -0.490 e. The molecule has 2 aromatic rings. The number of hydrogen-bond donors (Lipinski definition) is 0. The third-order valence-electron chi connectivity index (χ3n) is 6.62. The average molecular weight is 509 g/mol. The molecule has 0 aromatic heterocycles. The van der Waals surface area contributed by atoms with E-state index in [4.69, 9.17) is 9.47 Å². The number of fused-ring (bicyclic) bond motifs is 1. The van der Waals surface area contributed by atoms with E-state index in [9.17, 15) is 9.59 Å². The first-order valence-electron chi connectivity index (χ1n) is 11.3. The summed E-state index contributed by atoms with van der Waals surface area (Å²) in [7, 11) is 0. The first kappa shape index (κ1) is 21.9. The minimum atomic E-state index is -0.266. The number of hydrazone groups is 1. The summed E-state index contributed by atoms with van der Waals surface area (Å²) in [5.41, 5.74) is 1.75. The van der Waals surface area contributed by atoms with E-state index in [0.29, 0.717) is 34.7 Å². The van der Waals surface area contributed by atoms with Crippen LogP contribution < -0.4 is 9.47 Å². The molecule has 2 fully saturated rings. The van der Waals surface area contributed by atoms with Gasteiger partial charge in [0.05, 0.1) is 29.1 Å². The van der Waals surface area contributed by atoms with Crippen molar-refractivity contribution in [2.24, 2.45) is 28.8 Å². The summed E-state index contributed by atoms with van der Waals surface area (Å²) in [6, 6.07) is 13.5. The molecule has 170 valence electrons. The lowest BCUT2D eigenvalue weighted by Crippen LogP contribution is -2.38. The molecule has 1 heterocycles. The van der Waals surface area contributed by atoms with Crippen molar-refractivity contribution in [3.8, 4) is 11.5 Å². The molecule has 1 saturated heterocycles. The van der Waals surface area contributed by atoms with Gasteiger partial charge in [0.15, 0.2) is 11.5 Å². The van der Waals surface area contributed by atoms with E-state index in [1.54, 1.807) is 6.07 Å². The molecule has 6 rings (SSSR count). The largest absolute Gasteiger partial charge is 0.490 e. The lowest BCUT2D eigenvalue weighted by Gasteiger charge is -2.37. The van der Waals surface area contributed by atoms with Crippen LogP contribution in [0.15, 0.2) is 64.2 Å². The Hall–Kier alpha value is -2.93. The summed E-state index contributed by atoms with van der Waals surface area (Å²) >= 11 is 3.57. The van der Waals surface area contributed by atoms with Gasteiger partial charge in [-0.25, -0.2) is 0 Å². The first-order chi connectivity index (χ1) is 16.1. The second-order valence-corrected chi connectivity index (χ2v) is 9.47. The van der Waals surface area contributed by atoms with Crippen LogP contribution in [-0.2, 0) is 16.2 Å².